The predicted molar refractivity (Wildman–Crippen MR) is 78.2 cm³/mol. The van der Waals surface area contributed by atoms with Crippen LogP contribution in [0.4, 0.5) is 19.1 Å². The first-order valence-corrected chi connectivity index (χ1v) is 7.58. The lowest BCUT2D eigenvalue weighted by Crippen LogP contribution is -2.32. The van der Waals surface area contributed by atoms with Crippen molar-refractivity contribution in [2.45, 2.75) is 26.1 Å². The Hall–Kier alpha value is -2.23. The second kappa shape index (κ2) is 6.71. The van der Waals surface area contributed by atoms with Crippen molar-refractivity contribution in [2.24, 2.45) is 0 Å². The fourth-order valence-corrected chi connectivity index (χ4v) is 2.59. The molecule has 2 aromatic heterocycles. The van der Waals surface area contributed by atoms with Crippen molar-refractivity contribution in [1.82, 2.24) is 25.0 Å². The van der Waals surface area contributed by atoms with E-state index in [4.69, 9.17) is 4.52 Å². The van der Waals surface area contributed by atoms with E-state index in [9.17, 15) is 13.2 Å². The molecule has 7 nitrogen and oxygen atoms in total. The van der Waals surface area contributed by atoms with E-state index in [1.807, 2.05) is 0 Å². The Bertz CT molecular complexity index is 689. The highest BCUT2D eigenvalue weighted by atomic mass is 19.4. The largest absolute Gasteiger partial charge is 0.433 e. The summed E-state index contributed by atoms with van der Waals surface area (Å²) in [5, 5.41) is 3.87. The molecule has 0 radical (unpaired) electrons. The van der Waals surface area contributed by atoms with Crippen molar-refractivity contribution in [3.63, 3.8) is 0 Å². The molecule has 1 aliphatic heterocycles. The standard InChI is InChI=1S/C14H17F3N6O/c1-10-19-12(21-24-10)9-22-5-2-6-23(8-7-22)13-18-4-3-11(20-13)14(15,16)17/h3-4H,2,5-9H2,1H3. The molecule has 0 N–H and O–H groups in total. The number of aromatic nitrogens is 4. The second-order valence-electron chi connectivity index (χ2n) is 5.59. The summed E-state index contributed by atoms with van der Waals surface area (Å²) in [6.45, 7) is 4.87. The van der Waals surface area contributed by atoms with Gasteiger partial charge in [0.1, 0.15) is 5.69 Å². The third kappa shape index (κ3) is 3.99. The minimum absolute atomic E-state index is 0.113. The summed E-state index contributed by atoms with van der Waals surface area (Å²) in [6, 6.07) is 0.881. The Labute approximate surface area is 136 Å². The van der Waals surface area contributed by atoms with Gasteiger partial charge in [0.15, 0.2) is 5.82 Å². The van der Waals surface area contributed by atoms with Crippen LogP contribution in [0.2, 0.25) is 0 Å². The molecule has 0 aliphatic carbocycles. The van der Waals surface area contributed by atoms with Crippen LogP contribution in [0.1, 0.15) is 23.8 Å². The minimum atomic E-state index is -4.47. The van der Waals surface area contributed by atoms with Gasteiger partial charge in [0.05, 0.1) is 6.54 Å². The van der Waals surface area contributed by atoms with Gasteiger partial charge in [-0.2, -0.15) is 18.2 Å². The first-order chi connectivity index (χ1) is 11.4. The van der Waals surface area contributed by atoms with Crippen LogP contribution in [-0.2, 0) is 12.7 Å². The van der Waals surface area contributed by atoms with Gasteiger partial charge in [0, 0.05) is 39.3 Å². The number of hydrogen-bond donors (Lipinski definition) is 0. The molecule has 10 heteroatoms. The fraction of sp³-hybridized carbons (Fsp3) is 0.571. The summed E-state index contributed by atoms with van der Waals surface area (Å²) in [7, 11) is 0. The molecule has 0 spiro atoms. The Morgan fingerprint density at radius 3 is 2.71 bits per heavy atom. The number of hydrogen-bond acceptors (Lipinski definition) is 7. The molecule has 0 bridgehead atoms. The topological polar surface area (TPSA) is 71.2 Å². The number of halogens is 3. The highest BCUT2D eigenvalue weighted by Crippen LogP contribution is 2.28. The highest BCUT2D eigenvalue weighted by Gasteiger charge is 2.33. The fourth-order valence-electron chi connectivity index (χ4n) is 2.59. The first kappa shape index (κ1) is 16.6. The SMILES string of the molecule is Cc1nc(CN2CCCN(c3nccc(C(F)(F)F)n3)CC2)no1. The van der Waals surface area contributed by atoms with Gasteiger partial charge in [0.25, 0.3) is 0 Å². The van der Waals surface area contributed by atoms with Crippen LogP contribution in [-0.4, -0.2) is 51.2 Å². The van der Waals surface area contributed by atoms with Crippen molar-refractivity contribution in [3.8, 4) is 0 Å². The Morgan fingerprint density at radius 2 is 2.00 bits per heavy atom. The lowest BCUT2D eigenvalue weighted by atomic mass is 10.3. The Kier molecular flexibility index (Phi) is 4.65. The maximum Gasteiger partial charge on any atom is 0.433 e. The van der Waals surface area contributed by atoms with Crippen LogP contribution in [0, 0.1) is 6.92 Å². The van der Waals surface area contributed by atoms with E-state index in [1.165, 1.54) is 0 Å². The van der Waals surface area contributed by atoms with Gasteiger partial charge in [-0.3, -0.25) is 4.90 Å². The van der Waals surface area contributed by atoms with Crippen molar-refractivity contribution < 1.29 is 17.7 Å². The van der Waals surface area contributed by atoms with E-state index in [2.05, 4.69) is 25.0 Å². The highest BCUT2D eigenvalue weighted by molar-refractivity contribution is 5.31. The van der Waals surface area contributed by atoms with Crippen LogP contribution in [0.3, 0.4) is 0 Å². The van der Waals surface area contributed by atoms with Crippen LogP contribution in [0.25, 0.3) is 0 Å². The Morgan fingerprint density at radius 1 is 1.17 bits per heavy atom. The Balaban J connectivity index is 1.65. The third-order valence-corrected chi connectivity index (χ3v) is 3.74. The summed E-state index contributed by atoms with van der Waals surface area (Å²) in [5.41, 5.74) is -0.920. The lowest BCUT2D eigenvalue weighted by molar-refractivity contribution is -0.141. The first-order valence-electron chi connectivity index (χ1n) is 7.58. The van der Waals surface area contributed by atoms with E-state index >= 15 is 0 Å². The number of aryl methyl sites for hydroxylation is 1. The molecule has 3 heterocycles. The predicted octanol–water partition coefficient (Wildman–Crippen LogP) is 1.90. The molecule has 1 saturated heterocycles. The van der Waals surface area contributed by atoms with Crippen LogP contribution in [0.15, 0.2) is 16.8 Å². The average Bonchev–Trinajstić information content (AvgIpc) is 2.80. The number of nitrogens with zero attached hydrogens (tertiary/aromatic N) is 6. The lowest BCUT2D eigenvalue weighted by Gasteiger charge is -2.21. The maximum atomic E-state index is 12.8. The quantitative estimate of drug-likeness (QED) is 0.843. The summed E-state index contributed by atoms with van der Waals surface area (Å²) in [4.78, 5) is 15.7. The molecule has 0 amide bonds. The third-order valence-electron chi connectivity index (χ3n) is 3.74. The second-order valence-corrected chi connectivity index (χ2v) is 5.59. The van der Waals surface area contributed by atoms with Crippen molar-refractivity contribution in [1.29, 1.82) is 0 Å². The summed E-state index contributed by atoms with van der Waals surface area (Å²) in [5.74, 6) is 1.23. The zero-order valence-electron chi connectivity index (χ0n) is 13.1. The molecule has 24 heavy (non-hydrogen) atoms. The molecule has 0 saturated carbocycles. The van der Waals surface area contributed by atoms with Crippen LogP contribution < -0.4 is 4.90 Å². The molecule has 1 fully saturated rings. The normalized spacial score (nSPS) is 17.1. The van der Waals surface area contributed by atoms with Gasteiger partial charge in [0.2, 0.25) is 11.8 Å². The molecule has 130 valence electrons. The molecule has 0 aromatic carbocycles. The molecule has 0 unspecified atom stereocenters. The van der Waals surface area contributed by atoms with Crippen LogP contribution >= 0.6 is 0 Å². The van der Waals surface area contributed by atoms with Crippen molar-refractivity contribution >= 4 is 5.95 Å². The molecule has 2 aromatic rings. The van der Waals surface area contributed by atoms with Crippen molar-refractivity contribution in [3.05, 3.63) is 29.7 Å². The smallest absolute Gasteiger partial charge is 0.340 e. The van der Waals surface area contributed by atoms with E-state index in [1.54, 1.807) is 11.8 Å². The van der Waals surface area contributed by atoms with E-state index in [0.717, 1.165) is 25.2 Å². The van der Waals surface area contributed by atoms with Gasteiger partial charge in [-0.15, -0.1) is 0 Å². The zero-order chi connectivity index (χ0) is 17.2. The summed E-state index contributed by atoms with van der Waals surface area (Å²) < 4.78 is 43.3. The average molecular weight is 342 g/mol. The van der Waals surface area contributed by atoms with Gasteiger partial charge < -0.3 is 9.42 Å². The van der Waals surface area contributed by atoms with Gasteiger partial charge in [-0.1, -0.05) is 5.16 Å². The summed E-state index contributed by atoms with van der Waals surface area (Å²) >= 11 is 0. The molecule has 1 aliphatic rings. The number of anilines is 1. The zero-order valence-corrected chi connectivity index (χ0v) is 13.1. The number of alkyl halides is 3. The molecule has 0 atom stereocenters. The van der Waals surface area contributed by atoms with Crippen molar-refractivity contribution in [2.75, 3.05) is 31.1 Å². The molecule has 3 rings (SSSR count). The van der Waals surface area contributed by atoms with Gasteiger partial charge in [-0.05, 0) is 12.5 Å². The number of rotatable bonds is 3. The molecular formula is C14H17F3N6O. The minimum Gasteiger partial charge on any atom is -0.340 e. The van der Waals surface area contributed by atoms with E-state index < -0.39 is 11.9 Å². The van der Waals surface area contributed by atoms with E-state index in [-0.39, 0.29) is 5.95 Å². The maximum absolute atomic E-state index is 12.8. The van der Waals surface area contributed by atoms with Crippen LogP contribution in [0.5, 0.6) is 0 Å². The molecular weight excluding hydrogens is 325 g/mol. The summed E-state index contributed by atoms with van der Waals surface area (Å²) in [6.07, 6.45) is -2.53. The van der Waals surface area contributed by atoms with E-state index in [0.29, 0.717) is 37.9 Å². The van der Waals surface area contributed by atoms with Gasteiger partial charge in [-0.25, -0.2) is 9.97 Å². The van der Waals surface area contributed by atoms with Gasteiger partial charge >= 0.3 is 6.18 Å². The monoisotopic (exact) mass is 342 g/mol.